The van der Waals surface area contributed by atoms with Crippen LogP contribution in [0.15, 0.2) is 71.3 Å². The second-order valence-electron chi connectivity index (χ2n) is 5.08. The highest BCUT2D eigenvalue weighted by Gasteiger charge is 2.11. The van der Waals surface area contributed by atoms with Gasteiger partial charge in [0.15, 0.2) is 0 Å². The van der Waals surface area contributed by atoms with Crippen LogP contribution in [-0.2, 0) is 0 Å². The molecule has 6 nitrogen and oxygen atoms in total. The number of aromatic nitrogens is 1. The van der Waals surface area contributed by atoms with Crippen LogP contribution in [0.25, 0.3) is 0 Å². The fraction of sp³-hybridized carbons (Fsp3) is 0. The van der Waals surface area contributed by atoms with Gasteiger partial charge in [0.05, 0.1) is 0 Å². The van der Waals surface area contributed by atoms with E-state index in [1.807, 2.05) is 30.3 Å². The van der Waals surface area contributed by atoms with E-state index in [0.717, 1.165) is 4.47 Å². The number of ether oxygens (including phenoxy) is 1. The van der Waals surface area contributed by atoms with Crippen LogP contribution in [0.1, 0.15) is 20.8 Å². The second kappa shape index (κ2) is 7.67. The molecule has 0 aliphatic rings. The maximum absolute atomic E-state index is 12.2. The molecule has 1 aromatic heterocycles. The van der Waals surface area contributed by atoms with Crippen molar-refractivity contribution in [2.45, 2.75) is 0 Å². The number of hydrogen-bond donors (Lipinski definition) is 3. The minimum absolute atomic E-state index is 0.327. The predicted octanol–water partition coefficient (Wildman–Crippen LogP) is 3.64. The first kappa shape index (κ1) is 16.8. The lowest BCUT2D eigenvalue weighted by atomic mass is 10.2. The van der Waals surface area contributed by atoms with E-state index < -0.39 is 11.8 Å². The van der Waals surface area contributed by atoms with Gasteiger partial charge in [-0.25, -0.2) is 0 Å². The van der Waals surface area contributed by atoms with E-state index in [1.54, 1.807) is 36.5 Å². The number of amides is 2. The molecule has 0 radical (unpaired) electrons. The second-order valence-corrected chi connectivity index (χ2v) is 6.00. The molecule has 0 aliphatic heterocycles. The van der Waals surface area contributed by atoms with Gasteiger partial charge in [-0.1, -0.05) is 24.3 Å². The summed E-state index contributed by atoms with van der Waals surface area (Å²) in [7, 11) is 0. The zero-order chi connectivity index (χ0) is 17.6. The van der Waals surface area contributed by atoms with Gasteiger partial charge in [-0.05, 0) is 52.3 Å². The molecule has 3 N–H and O–H groups in total. The van der Waals surface area contributed by atoms with E-state index in [0.29, 0.717) is 22.8 Å². The van der Waals surface area contributed by atoms with Crippen LogP contribution in [0.3, 0.4) is 0 Å². The molecule has 25 heavy (non-hydrogen) atoms. The number of H-pyrrole nitrogens is 1. The number of hydrazine groups is 1. The average Bonchev–Trinajstić information content (AvgIpc) is 3.07. The number of para-hydroxylation sites is 1. The molecule has 0 spiro atoms. The summed E-state index contributed by atoms with van der Waals surface area (Å²) in [6.07, 6.45) is 1.63. The van der Waals surface area contributed by atoms with Crippen LogP contribution in [0.5, 0.6) is 11.5 Å². The Kier molecular flexibility index (Phi) is 5.15. The van der Waals surface area contributed by atoms with Gasteiger partial charge in [0.2, 0.25) is 0 Å². The van der Waals surface area contributed by atoms with Crippen molar-refractivity contribution >= 4 is 27.7 Å². The number of aromatic amines is 1. The fourth-order valence-corrected chi connectivity index (χ4v) is 2.42. The maximum Gasteiger partial charge on any atom is 0.286 e. The topological polar surface area (TPSA) is 83.2 Å². The molecule has 1 heterocycles. The number of halogens is 1. The van der Waals surface area contributed by atoms with Crippen LogP contribution in [0, 0.1) is 0 Å². The number of benzene rings is 2. The van der Waals surface area contributed by atoms with E-state index in [1.165, 1.54) is 0 Å². The molecule has 0 saturated heterocycles. The highest BCUT2D eigenvalue weighted by Crippen LogP contribution is 2.21. The van der Waals surface area contributed by atoms with Crippen molar-refractivity contribution < 1.29 is 14.3 Å². The molecule has 7 heteroatoms. The third-order valence-corrected chi connectivity index (χ3v) is 3.71. The molecular formula is C18H14BrN3O3. The first-order chi connectivity index (χ1) is 12.1. The molecule has 0 saturated carbocycles. The minimum Gasteiger partial charge on any atom is -0.457 e. The van der Waals surface area contributed by atoms with Gasteiger partial charge in [0, 0.05) is 16.2 Å². The number of carbonyl (C=O) groups excluding carboxylic acids is 2. The van der Waals surface area contributed by atoms with Gasteiger partial charge >= 0.3 is 0 Å². The van der Waals surface area contributed by atoms with E-state index in [2.05, 4.69) is 31.8 Å². The Morgan fingerprint density at radius 2 is 1.60 bits per heavy atom. The number of rotatable bonds is 4. The van der Waals surface area contributed by atoms with Crippen molar-refractivity contribution in [2.24, 2.45) is 0 Å². The molecule has 3 rings (SSSR count). The predicted molar refractivity (Wildman–Crippen MR) is 96.4 cm³/mol. The Hall–Kier alpha value is -3.06. The van der Waals surface area contributed by atoms with Gasteiger partial charge in [-0.15, -0.1) is 0 Å². The van der Waals surface area contributed by atoms with Crippen LogP contribution >= 0.6 is 15.9 Å². The molecule has 2 aromatic carbocycles. The van der Waals surface area contributed by atoms with Gasteiger partial charge in [0.1, 0.15) is 17.2 Å². The van der Waals surface area contributed by atoms with E-state index in [9.17, 15) is 9.59 Å². The van der Waals surface area contributed by atoms with Crippen molar-refractivity contribution in [1.29, 1.82) is 0 Å². The van der Waals surface area contributed by atoms with Crippen LogP contribution in [0.4, 0.5) is 0 Å². The van der Waals surface area contributed by atoms with Crippen molar-refractivity contribution in [1.82, 2.24) is 15.8 Å². The normalized spacial score (nSPS) is 10.1. The smallest absolute Gasteiger partial charge is 0.286 e. The summed E-state index contributed by atoms with van der Waals surface area (Å²) in [5.74, 6) is 0.303. The summed E-state index contributed by atoms with van der Waals surface area (Å²) in [6, 6.07) is 17.5. The highest BCUT2D eigenvalue weighted by molar-refractivity contribution is 9.10. The molecule has 0 atom stereocenters. The first-order valence-corrected chi connectivity index (χ1v) is 8.19. The van der Waals surface area contributed by atoms with E-state index in [-0.39, 0.29) is 0 Å². The highest BCUT2D eigenvalue weighted by atomic mass is 79.9. The minimum atomic E-state index is -0.448. The van der Waals surface area contributed by atoms with E-state index in [4.69, 9.17) is 4.74 Å². The van der Waals surface area contributed by atoms with Crippen LogP contribution < -0.4 is 15.6 Å². The summed E-state index contributed by atoms with van der Waals surface area (Å²) in [4.78, 5) is 26.9. The van der Waals surface area contributed by atoms with Gasteiger partial charge < -0.3 is 9.72 Å². The molecular weight excluding hydrogens is 386 g/mol. The lowest BCUT2D eigenvalue weighted by Crippen LogP contribution is -2.41. The van der Waals surface area contributed by atoms with Gasteiger partial charge in [0.25, 0.3) is 11.8 Å². The first-order valence-electron chi connectivity index (χ1n) is 7.39. The number of hydrogen-bond acceptors (Lipinski definition) is 3. The lowest BCUT2D eigenvalue weighted by molar-refractivity contribution is 0.0844. The van der Waals surface area contributed by atoms with Gasteiger partial charge in [-0.3, -0.25) is 20.4 Å². The molecule has 0 aliphatic carbocycles. The largest absolute Gasteiger partial charge is 0.457 e. The molecule has 0 bridgehead atoms. The van der Waals surface area contributed by atoms with Gasteiger partial charge in [-0.2, -0.15) is 0 Å². The average molecular weight is 400 g/mol. The summed E-state index contributed by atoms with van der Waals surface area (Å²) in [5.41, 5.74) is 5.41. The summed E-state index contributed by atoms with van der Waals surface area (Å²) < 4.78 is 6.43. The standard InChI is InChI=1S/C18H14BrN3O3/c19-13-10-16(20-11-13)18(24)22-21-17(23)12-5-4-8-15(9-12)25-14-6-2-1-3-7-14/h1-11,20H,(H,21,23)(H,22,24). The molecule has 3 aromatic rings. The maximum atomic E-state index is 12.2. The third kappa shape index (κ3) is 4.48. The summed E-state index contributed by atoms with van der Waals surface area (Å²) in [5, 5.41) is 0. The third-order valence-electron chi connectivity index (χ3n) is 3.26. The molecule has 2 amide bonds. The van der Waals surface area contributed by atoms with Crippen LogP contribution in [0.2, 0.25) is 0 Å². The van der Waals surface area contributed by atoms with Crippen molar-refractivity contribution in [3.63, 3.8) is 0 Å². The SMILES string of the molecule is O=C(NNC(=O)c1cc(Br)c[nH]1)c1cccc(Oc2ccccc2)c1. The lowest BCUT2D eigenvalue weighted by Gasteiger charge is -2.09. The van der Waals surface area contributed by atoms with Crippen molar-refractivity contribution in [3.05, 3.63) is 82.6 Å². The fourth-order valence-electron chi connectivity index (χ4n) is 2.08. The Bertz CT molecular complexity index is 893. The number of nitrogens with one attached hydrogen (secondary N) is 3. The Labute approximate surface area is 152 Å². The molecule has 126 valence electrons. The molecule has 0 fully saturated rings. The zero-order valence-corrected chi connectivity index (χ0v) is 14.5. The molecule has 0 unspecified atom stereocenters. The Balaban J connectivity index is 1.62. The quantitative estimate of drug-likeness (QED) is 0.585. The van der Waals surface area contributed by atoms with Crippen molar-refractivity contribution in [3.8, 4) is 11.5 Å². The van der Waals surface area contributed by atoms with Crippen LogP contribution in [-0.4, -0.2) is 16.8 Å². The summed E-state index contributed by atoms with van der Waals surface area (Å²) in [6.45, 7) is 0. The Morgan fingerprint density at radius 1 is 0.880 bits per heavy atom. The monoisotopic (exact) mass is 399 g/mol. The zero-order valence-electron chi connectivity index (χ0n) is 13.0. The van der Waals surface area contributed by atoms with E-state index >= 15 is 0 Å². The summed E-state index contributed by atoms with van der Waals surface area (Å²) >= 11 is 3.24. The number of carbonyl (C=O) groups is 2. The van der Waals surface area contributed by atoms with Crippen molar-refractivity contribution in [2.75, 3.05) is 0 Å². The Morgan fingerprint density at radius 3 is 2.32 bits per heavy atom.